The van der Waals surface area contributed by atoms with E-state index in [1.807, 2.05) is 21.1 Å². The fraction of sp³-hybridized carbons (Fsp3) is 0.294. The second-order valence-electron chi connectivity index (χ2n) is 6.98. The van der Waals surface area contributed by atoms with Crippen LogP contribution in [0.2, 0.25) is 0 Å². The standard InChI is InChI=1S/C17H21N3O8P/c1-20(2,3)12-13-26-29(25,27-16-8-4-14(5-9-16)18(21)22)28-17-10-6-15(7-11-17)19(23)24/h4-11H,12-13H2,1-3H3/q+1. The predicted octanol–water partition coefficient (Wildman–Crippen LogP) is 3.79. The summed E-state index contributed by atoms with van der Waals surface area (Å²) < 4.78 is 29.8. The predicted molar refractivity (Wildman–Crippen MR) is 104 cm³/mol. The monoisotopic (exact) mass is 426 g/mol. The summed E-state index contributed by atoms with van der Waals surface area (Å²) in [5.41, 5.74) is -0.316. The average molecular weight is 426 g/mol. The fourth-order valence-corrected chi connectivity index (χ4v) is 3.22. The van der Waals surface area contributed by atoms with Gasteiger partial charge in [0.25, 0.3) is 11.4 Å². The highest BCUT2D eigenvalue weighted by molar-refractivity contribution is 7.49. The first-order valence-electron chi connectivity index (χ1n) is 8.41. The number of benzene rings is 2. The van der Waals surface area contributed by atoms with Crippen molar-refractivity contribution < 1.29 is 32.5 Å². The van der Waals surface area contributed by atoms with Crippen molar-refractivity contribution in [3.8, 4) is 11.5 Å². The van der Waals surface area contributed by atoms with Crippen LogP contribution in [0.1, 0.15) is 0 Å². The molecule has 0 unspecified atom stereocenters. The molecule has 0 bridgehead atoms. The number of nitrogens with zero attached hydrogens (tertiary/aromatic N) is 3. The van der Waals surface area contributed by atoms with Crippen molar-refractivity contribution in [1.29, 1.82) is 0 Å². The van der Waals surface area contributed by atoms with Gasteiger partial charge in [-0.3, -0.25) is 24.8 Å². The molecule has 0 saturated heterocycles. The van der Waals surface area contributed by atoms with Gasteiger partial charge in [0.15, 0.2) is 0 Å². The van der Waals surface area contributed by atoms with Crippen molar-refractivity contribution in [3.63, 3.8) is 0 Å². The Morgan fingerprint density at radius 3 is 1.52 bits per heavy atom. The van der Waals surface area contributed by atoms with E-state index in [0.717, 1.165) is 0 Å². The first kappa shape index (κ1) is 22.3. The number of phosphoric acid groups is 1. The van der Waals surface area contributed by atoms with E-state index in [1.165, 1.54) is 48.5 Å². The zero-order valence-corrected chi connectivity index (χ0v) is 17.0. The number of nitro groups is 2. The van der Waals surface area contributed by atoms with Crippen molar-refractivity contribution >= 4 is 19.2 Å². The Hall–Kier alpha value is -3.01. The van der Waals surface area contributed by atoms with Gasteiger partial charge in [-0.2, -0.15) is 0 Å². The molecule has 0 atom stereocenters. The van der Waals surface area contributed by atoms with E-state index in [0.29, 0.717) is 11.0 Å². The van der Waals surface area contributed by atoms with Gasteiger partial charge in [-0.1, -0.05) is 0 Å². The summed E-state index contributed by atoms with van der Waals surface area (Å²) in [5.74, 6) is 0.0946. The van der Waals surface area contributed by atoms with Crippen molar-refractivity contribution in [2.24, 2.45) is 0 Å². The minimum Gasteiger partial charge on any atom is -0.395 e. The molecule has 0 fully saturated rings. The largest absolute Gasteiger partial charge is 0.587 e. The summed E-state index contributed by atoms with van der Waals surface area (Å²) in [6.07, 6.45) is 0. The maximum absolute atomic E-state index is 13.1. The number of nitro benzene ring substituents is 2. The van der Waals surface area contributed by atoms with Crippen LogP contribution in [-0.2, 0) is 9.09 Å². The molecule has 0 radical (unpaired) electrons. The number of phosphoric ester groups is 1. The lowest BCUT2D eigenvalue weighted by Crippen LogP contribution is -2.37. The van der Waals surface area contributed by atoms with E-state index in [4.69, 9.17) is 13.6 Å². The molecule has 0 N–H and O–H groups in total. The van der Waals surface area contributed by atoms with Crippen LogP contribution in [0.15, 0.2) is 48.5 Å². The molecule has 0 aliphatic rings. The highest BCUT2D eigenvalue weighted by Gasteiger charge is 2.32. The smallest absolute Gasteiger partial charge is 0.395 e. The molecular formula is C17H21N3O8P+. The Bertz CT molecular complexity index is 846. The van der Waals surface area contributed by atoms with Gasteiger partial charge in [0, 0.05) is 24.3 Å². The van der Waals surface area contributed by atoms with Gasteiger partial charge >= 0.3 is 7.82 Å². The van der Waals surface area contributed by atoms with Gasteiger partial charge in [-0.05, 0) is 24.3 Å². The number of non-ortho nitro benzene ring substituents is 2. The van der Waals surface area contributed by atoms with Crippen LogP contribution in [0.5, 0.6) is 11.5 Å². The molecule has 11 nitrogen and oxygen atoms in total. The normalized spacial score (nSPS) is 11.7. The number of rotatable bonds is 10. The van der Waals surface area contributed by atoms with Crippen molar-refractivity contribution in [1.82, 2.24) is 0 Å². The Kier molecular flexibility index (Phi) is 6.91. The number of hydrogen-bond donors (Lipinski definition) is 0. The topological polar surface area (TPSA) is 131 Å². The lowest BCUT2D eigenvalue weighted by atomic mass is 10.3. The Balaban J connectivity index is 2.20. The Labute approximate surface area is 166 Å². The first-order chi connectivity index (χ1) is 13.5. The molecule has 2 rings (SSSR count). The third kappa shape index (κ3) is 7.15. The molecule has 29 heavy (non-hydrogen) atoms. The van der Waals surface area contributed by atoms with Gasteiger partial charge in [-0.15, -0.1) is 0 Å². The van der Waals surface area contributed by atoms with Gasteiger partial charge in [0.2, 0.25) is 0 Å². The van der Waals surface area contributed by atoms with Crippen LogP contribution in [0, 0.1) is 20.2 Å². The van der Waals surface area contributed by atoms with Gasteiger partial charge in [0.05, 0.1) is 31.0 Å². The lowest BCUT2D eigenvalue weighted by molar-refractivity contribution is -0.870. The minimum absolute atomic E-state index is 0.0424. The van der Waals surface area contributed by atoms with Crippen LogP contribution in [0.3, 0.4) is 0 Å². The van der Waals surface area contributed by atoms with E-state index in [9.17, 15) is 24.8 Å². The van der Waals surface area contributed by atoms with E-state index in [-0.39, 0.29) is 29.5 Å². The Morgan fingerprint density at radius 1 is 0.828 bits per heavy atom. The molecule has 0 aliphatic heterocycles. The van der Waals surface area contributed by atoms with E-state index < -0.39 is 17.7 Å². The summed E-state index contributed by atoms with van der Waals surface area (Å²) in [6, 6.07) is 9.85. The number of quaternary nitrogens is 1. The van der Waals surface area contributed by atoms with Gasteiger partial charge in [-0.25, -0.2) is 4.57 Å². The summed E-state index contributed by atoms with van der Waals surface area (Å²) in [7, 11) is 1.58. The minimum atomic E-state index is -4.18. The van der Waals surface area contributed by atoms with Crippen molar-refractivity contribution in [2.75, 3.05) is 34.3 Å². The molecular weight excluding hydrogens is 405 g/mol. The summed E-state index contributed by atoms with van der Waals surface area (Å²) in [6.45, 7) is 0.540. The summed E-state index contributed by atoms with van der Waals surface area (Å²) in [4.78, 5) is 20.4. The first-order valence-corrected chi connectivity index (χ1v) is 9.87. The molecule has 12 heteroatoms. The van der Waals surface area contributed by atoms with Crippen LogP contribution >= 0.6 is 7.82 Å². The zero-order chi connectivity index (χ0) is 21.7. The van der Waals surface area contributed by atoms with Crippen molar-refractivity contribution in [2.45, 2.75) is 0 Å². The maximum Gasteiger partial charge on any atom is 0.587 e. The lowest BCUT2D eigenvalue weighted by Gasteiger charge is -2.25. The third-order valence-corrected chi connectivity index (χ3v) is 4.91. The SMILES string of the molecule is C[N+](C)(C)CCOP(=O)(Oc1ccc([N+](=O)[O-])cc1)Oc1ccc([N+](=O)[O-])cc1. The quantitative estimate of drug-likeness (QED) is 0.243. The maximum atomic E-state index is 13.1. The Morgan fingerprint density at radius 2 is 1.21 bits per heavy atom. The van der Waals surface area contributed by atoms with Crippen LogP contribution in [-0.4, -0.2) is 48.6 Å². The fourth-order valence-electron chi connectivity index (χ4n) is 2.01. The number of likely N-dealkylation sites (N-methyl/N-ethyl adjacent to an activating group) is 1. The molecule has 0 saturated carbocycles. The molecule has 0 aliphatic carbocycles. The average Bonchev–Trinajstić information content (AvgIpc) is 2.61. The molecule has 0 amide bonds. The van der Waals surface area contributed by atoms with Gasteiger partial charge < -0.3 is 13.5 Å². The van der Waals surface area contributed by atoms with Crippen LogP contribution in [0.25, 0.3) is 0 Å². The summed E-state index contributed by atoms with van der Waals surface area (Å²) in [5, 5.41) is 21.5. The second-order valence-corrected chi connectivity index (χ2v) is 8.50. The van der Waals surface area contributed by atoms with E-state index in [1.54, 1.807) is 0 Å². The molecule has 2 aromatic rings. The molecule has 0 spiro atoms. The molecule has 156 valence electrons. The van der Waals surface area contributed by atoms with Gasteiger partial charge in [0.1, 0.15) is 24.7 Å². The zero-order valence-electron chi connectivity index (χ0n) is 16.1. The van der Waals surface area contributed by atoms with Crippen LogP contribution < -0.4 is 9.05 Å². The third-order valence-electron chi connectivity index (χ3n) is 3.54. The van der Waals surface area contributed by atoms with Crippen molar-refractivity contribution in [3.05, 3.63) is 68.8 Å². The highest BCUT2D eigenvalue weighted by Crippen LogP contribution is 2.49. The van der Waals surface area contributed by atoms with E-state index >= 15 is 0 Å². The summed E-state index contributed by atoms with van der Waals surface area (Å²) >= 11 is 0. The van der Waals surface area contributed by atoms with E-state index in [2.05, 4.69) is 0 Å². The molecule has 0 heterocycles. The molecule has 0 aromatic heterocycles. The number of hydrogen-bond acceptors (Lipinski definition) is 8. The highest BCUT2D eigenvalue weighted by atomic mass is 31.2. The molecule has 2 aromatic carbocycles. The van der Waals surface area contributed by atoms with Crippen LogP contribution in [0.4, 0.5) is 11.4 Å². The second kappa shape index (κ2) is 8.99.